The molecular formula is C31H38FN7O. The summed E-state index contributed by atoms with van der Waals surface area (Å²) in [6, 6.07) is 15.8. The summed E-state index contributed by atoms with van der Waals surface area (Å²) in [6.45, 7) is 6.89. The third-order valence-corrected chi connectivity index (χ3v) is 8.61. The molecule has 6 rings (SSSR count). The minimum Gasteiger partial charge on any atom is -0.462 e. The van der Waals surface area contributed by atoms with Crippen LogP contribution in [0.25, 0.3) is 10.8 Å². The number of benzene rings is 2. The van der Waals surface area contributed by atoms with Gasteiger partial charge in [0.2, 0.25) is 0 Å². The average molecular weight is 544 g/mol. The van der Waals surface area contributed by atoms with Crippen molar-refractivity contribution in [2.45, 2.75) is 57.4 Å². The van der Waals surface area contributed by atoms with Crippen molar-refractivity contribution in [1.82, 2.24) is 20.2 Å². The van der Waals surface area contributed by atoms with Crippen molar-refractivity contribution in [2.24, 2.45) is 0 Å². The Labute approximate surface area is 235 Å². The number of aryl methyl sites for hydroxylation is 1. The molecule has 0 saturated carbocycles. The minimum atomic E-state index is -0.822. The third kappa shape index (κ3) is 5.43. The Bertz CT molecular complexity index is 1400. The number of hydrogen-bond donors (Lipinski definition) is 1. The number of anilines is 2. The van der Waals surface area contributed by atoms with Gasteiger partial charge in [-0.3, -0.25) is 4.90 Å². The van der Waals surface area contributed by atoms with Crippen LogP contribution in [0, 0.1) is 18.3 Å². The number of nitrogens with zero attached hydrogens (tertiary/aromatic N) is 6. The number of halogens is 1. The molecule has 3 aliphatic rings. The first kappa shape index (κ1) is 26.7. The first-order valence-corrected chi connectivity index (χ1v) is 14.5. The van der Waals surface area contributed by atoms with E-state index in [1.54, 1.807) is 0 Å². The molecular weight excluding hydrogens is 505 g/mol. The Morgan fingerprint density at radius 3 is 2.77 bits per heavy atom. The van der Waals surface area contributed by atoms with Crippen molar-refractivity contribution in [3.8, 4) is 12.1 Å². The number of alkyl halides is 1. The van der Waals surface area contributed by atoms with Crippen LogP contribution in [0.4, 0.5) is 15.9 Å². The Kier molecular flexibility index (Phi) is 7.72. The zero-order valence-corrected chi connectivity index (χ0v) is 23.4. The molecule has 0 amide bonds. The summed E-state index contributed by atoms with van der Waals surface area (Å²) in [5.74, 6) is 0.920. The average Bonchev–Trinajstić information content (AvgIpc) is 3.14. The van der Waals surface area contributed by atoms with Crippen LogP contribution in [0.1, 0.15) is 36.1 Å². The number of aromatic nitrogens is 2. The fourth-order valence-electron chi connectivity index (χ4n) is 6.53. The van der Waals surface area contributed by atoms with Crippen LogP contribution < -0.4 is 19.9 Å². The number of fused-ring (bicyclic) bond motifs is 2. The lowest BCUT2D eigenvalue weighted by atomic mass is 10.0. The molecule has 3 aromatic rings. The summed E-state index contributed by atoms with van der Waals surface area (Å²) in [4.78, 5) is 16.7. The molecule has 3 atom stereocenters. The Morgan fingerprint density at radius 2 is 1.98 bits per heavy atom. The van der Waals surface area contributed by atoms with E-state index >= 15 is 0 Å². The van der Waals surface area contributed by atoms with Crippen LogP contribution >= 0.6 is 0 Å². The molecule has 3 aliphatic heterocycles. The zero-order chi connectivity index (χ0) is 27.6. The van der Waals surface area contributed by atoms with Gasteiger partial charge in [0.25, 0.3) is 0 Å². The molecule has 8 nitrogen and oxygen atoms in total. The van der Waals surface area contributed by atoms with E-state index in [1.807, 2.05) is 11.9 Å². The number of piperazine rings is 1. The van der Waals surface area contributed by atoms with Crippen LogP contribution in [0.5, 0.6) is 6.01 Å². The lowest BCUT2D eigenvalue weighted by Gasteiger charge is -2.35. The summed E-state index contributed by atoms with van der Waals surface area (Å²) in [5.41, 5.74) is 4.65. The van der Waals surface area contributed by atoms with E-state index < -0.39 is 6.17 Å². The number of rotatable bonds is 6. The molecule has 40 heavy (non-hydrogen) atoms. The van der Waals surface area contributed by atoms with Crippen LogP contribution in [0.15, 0.2) is 36.4 Å². The quantitative estimate of drug-likeness (QED) is 0.500. The maximum absolute atomic E-state index is 14.0. The number of likely N-dealkylation sites (N-methyl/N-ethyl adjacent to an activating group) is 1. The zero-order valence-electron chi connectivity index (χ0n) is 23.4. The minimum absolute atomic E-state index is 0.00946. The summed E-state index contributed by atoms with van der Waals surface area (Å²) in [5, 5.41) is 15.3. The van der Waals surface area contributed by atoms with Crippen LogP contribution in [-0.2, 0) is 13.0 Å². The molecule has 0 spiro atoms. The Hall–Kier alpha value is -3.48. The van der Waals surface area contributed by atoms with Gasteiger partial charge < -0.3 is 19.9 Å². The van der Waals surface area contributed by atoms with E-state index in [0.717, 1.165) is 50.5 Å². The van der Waals surface area contributed by atoms with E-state index in [2.05, 4.69) is 64.5 Å². The highest BCUT2D eigenvalue weighted by Crippen LogP contribution is 2.35. The summed E-state index contributed by atoms with van der Waals surface area (Å²) in [6.07, 6.45) is 1.98. The fraction of sp³-hybridized carbons (Fsp3) is 0.516. The molecule has 1 aromatic heterocycles. The topological polar surface area (TPSA) is 80.6 Å². The lowest BCUT2D eigenvalue weighted by Crippen LogP contribution is -2.51. The van der Waals surface area contributed by atoms with Gasteiger partial charge in [-0.25, -0.2) is 4.39 Å². The maximum atomic E-state index is 14.0. The van der Waals surface area contributed by atoms with Crippen molar-refractivity contribution >= 4 is 22.3 Å². The van der Waals surface area contributed by atoms with Gasteiger partial charge in [0.05, 0.1) is 24.7 Å². The molecule has 0 bridgehead atoms. The van der Waals surface area contributed by atoms with Gasteiger partial charge in [-0.1, -0.05) is 30.3 Å². The standard InChI is InChI=1S/C31H38FN7O/c1-21-6-3-7-22-8-4-10-28(29(21)22)38-14-5-9-26-27(19-38)35-31(40-20-25-16-23(32)17-37(25)2)36-30(26)39-15-13-34-24(18-39)11-12-33/h3-4,6-8,10,23-25,34H,5,9,11,13-20H2,1-2H3/t23-,24?,25+/m1/s1. The summed E-state index contributed by atoms with van der Waals surface area (Å²) < 4.78 is 20.2. The van der Waals surface area contributed by atoms with E-state index in [-0.39, 0.29) is 12.1 Å². The van der Waals surface area contributed by atoms with Crippen molar-refractivity contribution < 1.29 is 9.13 Å². The number of hydrogen-bond acceptors (Lipinski definition) is 8. The van der Waals surface area contributed by atoms with Crippen LogP contribution in [0.3, 0.4) is 0 Å². The normalized spacial score (nSPS) is 23.6. The van der Waals surface area contributed by atoms with E-state index in [9.17, 15) is 9.65 Å². The van der Waals surface area contributed by atoms with Gasteiger partial charge in [0.15, 0.2) is 0 Å². The van der Waals surface area contributed by atoms with Crippen molar-refractivity contribution in [2.75, 3.05) is 56.2 Å². The van der Waals surface area contributed by atoms with Crippen molar-refractivity contribution in [3.05, 3.63) is 53.2 Å². The number of likely N-dealkylation sites (tertiary alicyclic amines) is 1. The third-order valence-electron chi connectivity index (χ3n) is 8.61. The van der Waals surface area contributed by atoms with E-state index in [4.69, 9.17) is 14.7 Å². The summed E-state index contributed by atoms with van der Waals surface area (Å²) >= 11 is 0. The van der Waals surface area contributed by atoms with Crippen molar-refractivity contribution in [3.63, 3.8) is 0 Å². The predicted octanol–water partition coefficient (Wildman–Crippen LogP) is 4.00. The monoisotopic (exact) mass is 543 g/mol. The SMILES string of the molecule is Cc1cccc2cccc(N3CCCc4c(nc(OC[C@@H]5C[C@@H](F)CN5C)nc4N4CCNC(CC#N)C4)C3)c12. The highest BCUT2D eigenvalue weighted by molar-refractivity contribution is 5.96. The molecule has 1 N–H and O–H groups in total. The second-order valence-corrected chi connectivity index (χ2v) is 11.4. The smallest absolute Gasteiger partial charge is 0.318 e. The molecule has 4 heterocycles. The molecule has 210 valence electrons. The van der Waals surface area contributed by atoms with Gasteiger partial charge >= 0.3 is 6.01 Å². The first-order valence-electron chi connectivity index (χ1n) is 14.5. The second kappa shape index (κ2) is 11.6. The Balaban J connectivity index is 1.35. The fourth-order valence-corrected chi connectivity index (χ4v) is 6.53. The van der Waals surface area contributed by atoms with Gasteiger partial charge in [0, 0.05) is 61.4 Å². The molecule has 2 aromatic carbocycles. The Morgan fingerprint density at radius 1 is 1.12 bits per heavy atom. The first-order chi connectivity index (χ1) is 19.5. The lowest BCUT2D eigenvalue weighted by molar-refractivity contribution is 0.187. The van der Waals surface area contributed by atoms with Gasteiger partial charge in [-0.15, -0.1) is 0 Å². The van der Waals surface area contributed by atoms with Crippen molar-refractivity contribution in [1.29, 1.82) is 5.26 Å². The highest BCUT2D eigenvalue weighted by Gasteiger charge is 2.31. The van der Waals surface area contributed by atoms with Crippen LogP contribution in [0.2, 0.25) is 0 Å². The van der Waals surface area contributed by atoms with Gasteiger partial charge in [0.1, 0.15) is 18.6 Å². The number of nitrogens with one attached hydrogen (secondary N) is 1. The predicted molar refractivity (Wildman–Crippen MR) is 156 cm³/mol. The van der Waals surface area contributed by atoms with E-state index in [0.29, 0.717) is 38.5 Å². The van der Waals surface area contributed by atoms with Gasteiger partial charge in [-0.05, 0) is 50.2 Å². The molecule has 2 saturated heterocycles. The number of ether oxygens (including phenoxy) is 1. The molecule has 0 aliphatic carbocycles. The maximum Gasteiger partial charge on any atom is 0.318 e. The molecule has 9 heteroatoms. The molecule has 2 fully saturated rings. The summed E-state index contributed by atoms with van der Waals surface area (Å²) in [7, 11) is 1.94. The highest BCUT2D eigenvalue weighted by atomic mass is 19.1. The largest absolute Gasteiger partial charge is 0.462 e. The van der Waals surface area contributed by atoms with Gasteiger partial charge in [-0.2, -0.15) is 15.2 Å². The van der Waals surface area contributed by atoms with E-state index in [1.165, 1.54) is 27.6 Å². The number of nitriles is 1. The molecule has 1 unspecified atom stereocenters. The second-order valence-electron chi connectivity index (χ2n) is 11.4. The molecule has 0 radical (unpaired) electrons. The van der Waals surface area contributed by atoms with Crippen LogP contribution in [-0.4, -0.2) is 79.5 Å².